The van der Waals surface area contributed by atoms with Gasteiger partial charge in [0.2, 0.25) is 0 Å². The van der Waals surface area contributed by atoms with E-state index in [1.165, 1.54) is 12.1 Å². The summed E-state index contributed by atoms with van der Waals surface area (Å²) in [5.74, 6) is -0.296. The van der Waals surface area contributed by atoms with Crippen LogP contribution in [-0.4, -0.2) is 23.8 Å². The van der Waals surface area contributed by atoms with Crippen LogP contribution in [0.5, 0.6) is 0 Å². The molecule has 6 heteroatoms. The lowest BCUT2D eigenvalue weighted by Crippen LogP contribution is -2.40. The van der Waals surface area contributed by atoms with Crippen LogP contribution in [0.3, 0.4) is 0 Å². The first-order chi connectivity index (χ1) is 9.46. The Kier molecular flexibility index (Phi) is 5.94. The predicted molar refractivity (Wildman–Crippen MR) is 73.6 cm³/mol. The van der Waals surface area contributed by atoms with Gasteiger partial charge < -0.3 is 15.7 Å². The fourth-order valence-corrected chi connectivity index (χ4v) is 1.79. The van der Waals surface area contributed by atoms with E-state index < -0.39 is 11.8 Å². The molecule has 0 spiro atoms. The zero-order valence-corrected chi connectivity index (χ0v) is 11.5. The standard InChI is InChI=1S/C14H18FN3O2/c1-9(2)5-12(8-19)18-14(20)17-11-3-4-13(15)10(6-11)7-16/h3-4,6,9,12,19H,5,8H2,1-2H3,(H2,17,18,20). The van der Waals surface area contributed by atoms with Crippen molar-refractivity contribution in [2.75, 3.05) is 11.9 Å². The predicted octanol–water partition coefficient (Wildman–Crippen LogP) is 2.23. The van der Waals surface area contributed by atoms with Crippen LogP contribution < -0.4 is 10.6 Å². The van der Waals surface area contributed by atoms with Gasteiger partial charge in [-0.05, 0) is 30.5 Å². The summed E-state index contributed by atoms with van der Waals surface area (Å²) in [6.07, 6.45) is 0.650. The molecule has 2 amide bonds. The molecule has 1 unspecified atom stereocenters. The Balaban J connectivity index is 2.64. The zero-order chi connectivity index (χ0) is 15.1. The minimum Gasteiger partial charge on any atom is -0.394 e. The largest absolute Gasteiger partial charge is 0.394 e. The van der Waals surface area contributed by atoms with Gasteiger partial charge in [-0.2, -0.15) is 5.26 Å². The van der Waals surface area contributed by atoms with Crippen LogP contribution in [0.15, 0.2) is 18.2 Å². The number of carbonyl (C=O) groups excluding carboxylic acids is 1. The van der Waals surface area contributed by atoms with Crippen LogP contribution in [0.25, 0.3) is 0 Å². The maximum absolute atomic E-state index is 13.1. The molecule has 1 rings (SSSR count). The van der Waals surface area contributed by atoms with Crippen molar-refractivity contribution >= 4 is 11.7 Å². The van der Waals surface area contributed by atoms with Gasteiger partial charge in [0.1, 0.15) is 11.9 Å². The van der Waals surface area contributed by atoms with E-state index in [-0.39, 0.29) is 18.2 Å². The highest BCUT2D eigenvalue weighted by molar-refractivity contribution is 5.89. The number of halogens is 1. The smallest absolute Gasteiger partial charge is 0.319 e. The minimum atomic E-state index is -0.633. The van der Waals surface area contributed by atoms with Crippen molar-refractivity contribution in [3.8, 4) is 6.07 Å². The van der Waals surface area contributed by atoms with Gasteiger partial charge in [-0.1, -0.05) is 13.8 Å². The molecular formula is C14H18FN3O2. The Morgan fingerprint density at radius 1 is 1.50 bits per heavy atom. The van der Waals surface area contributed by atoms with Gasteiger partial charge in [-0.25, -0.2) is 9.18 Å². The molecule has 108 valence electrons. The second kappa shape index (κ2) is 7.46. The molecule has 5 nitrogen and oxygen atoms in total. The lowest BCUT2D eigenvalue weighted by Gasteiger charge is -2.18. The van der Waals surface area contributed by atoms with Crippen LogP contribution in [0, 0.1) is 23.1 Å². The van der Waals surface area contributed by atoms with Crippen LogP contribution in [0.4, 0.5) is 14.9 Å². The summed E-state index contributed by atoms with van der Waals surface area (Å²) in [6, 6.07) is 4.60. The Labute approximate surface area is 117 Å². The third kappa shape index (κ3) is 4.86. The molecule has 0 aliphatic heterocycles. The van der Waals surface area contributed by atoms with Gasteiger partial charge in [0, 0.05) is 5.69 Å². The SMILES string of the molecule is CC(C)CC(CO)NC(=O)Nc1ccc(F)c(C#N)c1. The first kappa shape index (κ1) is 15.9. The summed E-state index contributed by atoms with van der Waals surface area (Å²) in [4.78, 5) is 11.7. The molecule has 0 saturated carbocycles. The van der Waals surface area contributed by atoms with Crippen LogP contribution in [0.1, 0.15) is 25.8 Å². The number of anilines is 1. The Morgan fingerprint density at radius 2 is 2.20 bits per heavy atom. The van der Waals surface area contributed by atoms with E-state index in [0.717, 1.165) is 6.07 Å². The molecule has 0 heterocycles. The van der Waals surface area contributed by atoms with Crippen molar-refractivity contribution in [3.05, 3.63) is 29.6 Å². The molecule has 0 aromatic heterocycles. The van der Waals surface area contributed by atoms with Gasteiger partial charge in [0.25, 0.3) is 0 Å². The topological polar surface area (TPSA) is 85.2 Å². The number of amides is 2. The van der Waals surface area contributed by atoms with Crippen LogP contribution >= 0.6 is 0 Å². The number of nitrogens with zero attached hydrogens (tertiary/aromatic N) is 1. The summed E-state index contributed by atoms with van der Waals surface area (Å²) >= 11 is 0. The number of nitrogens with one attached hydrogen (secondary N) is 2. The Hall–Kier alpha value is -2.13. The number of carbonyl (C=O) groups is 1. The molecule has 0 fully saturated rings. The number of hydrogen-bond acceptors (Lipinski definition) is 3. The maximum Gasteiger partial charge on any atom is 0.319 e. The van der Waals surface area contributed by atoms with E-state index >= 15 is 0 Å². The summed E-state index contributed by atoms with van der Waals surface area (Å²) in [5, 5.41) is 23.0. The number of urea groups is 1. The normalized spacial score (nSPS) is 11.8. The highest BCUT2D eigenvalue weighted by Crippen LogP contribution is 2.14. The molecule has 0 radical (unpaired) electrons. The number of rotatable bonds is 5. The molecular weight excluding hydrogens is 261 g/mol. The van der Waals surface area contributed by atoms with Crippen molar-refractivity contribution in [2.45, 2.75) is 26.3 Å². The van der Waals surface area contributed by atoms with Gasteiger partial charge in [0.15, 0.2) is 0 Å². The molecule has 0 aliphatic carbocycles. The Bertz CT molecular complexity index is 512. The lowest BCUT2D eigenvalue weighted by atomic mass is 10.0. The average Bonchev–Trinajstić information content (AvgIpc) is 2.39. The third-order valence-corrected chi connectivity index (χ3v) is 2.66. The summed E-state index contributed by atoms with van der Waals surface area (Å²) < 4.78 is 13.1. The van der Waals surface area contributed by atoms with Gasteiger partial charge >= 0.3 is 6.03 Å². The van der Waals surface area contributed by atoms with Gasteiger partial charge in [-0.3, -0.25) is 0 Å². The monoisotopic (exact) mass is 279 g/mol. The lowest BCUT2D eigenvalue weighted by molar-refractivity contribution is 0.214. The first-order valence-electron chi connectivity index (χ1n) is 6.34. The average molecular weight is 279 g/mol. The fraction of sp³-hybridized carbons (Fsp3) is 0.429. The van der Waals surface area contributed by atoms with E-state index in [1.807, 2.05) is 13.8 Å². The highest BCUT2D eigenvalue weighted by Gasteiger charge is 2.13. The van der Waals surface area contributed by atoms with Gasteiger partial charge in [0.05, 0.1) is 18.2 Å². The van der Waals surface area contributed by atoms with E-state index in [1.54, 1.807) is 6.07 Å². The second-order valence-corrected chi connectivity index (χ2v) is 4.91. The second-order valence-electron chi connectivity index (χ2n) is 4.91. The zero-order valence-electron chi connectivity index (χ0n) is 11.5. The number of hydrogen-bond donors (Lipinski definition) is 3. The van der Waals surface area contributed by atoms with E-state index in [0.29, 0.717) is 18.0 Å². The molecule has 3 N–H and O–H groups in total. The summed E-state index contributed by atoms with van der Waals surface area (Å²) in [7, 11) is 0. The van der Waals surface area contributed by atoms with E-state index in [4.69, 9.17) is 5.26 Å². The van der Waals surface area contributed by atoms with Crippen molar-refractivity contribution < 1.29 is 14.3 Å². The number of aliphatic hydroxyl groups excluding tert-OH is 1. The van der Waals surface area contributed by atoms with E-state index in [9.17, 15) is 14.3 Å². The van der Waals surface area contributed by atoms with E-state index in [2.05, 4.69) is 10.6 Å². The van der Waals surface area contributed by atoms with Crippen molar-refractivity contribution in [1.29, 1.82) is 5.26 Å². The molecule has 0 aliphatic rings. The fourth-order valence-electron chi connectivity index (χ4n) is 1.79. The third-order valence-electron chi connectivity index (χ3n) is 2.66. The first-order valence-corrected chi connectivity index (χ1v) is 6.34. The number of benzene rings is 1. The minimum absolute atomic E-state index is 0.135. The number of aliphatic hydroxyl groups is 1. The molecule has 20 heavy (non-hydrogen) atoms. The molecule has 0 saturated heterocycles. The quantitative estimate of drug-likeness (QED) is 0.772. The molecule has 0 bridgehead atoms. The maximum atomic E-state index is 13.1. The number of nitriles is 1. The van der Waals surface area contributed by atoms with Gasteiger partial charge in [-0.15, -0.1) is 0 Å². The molecule has 1 atom stereocenters. The molecule has 1 aromatic rings. The van der Waals surface area contributed by atoms with Crippen molar-refractivity contribution in [2.24, 2.45) is 5.92 Å². The highest BCUT2D eigenvalue weighted by atomic mass is 19.1. The Morgan fingerprint density at radius 3 is 2.75 bits per heavy atom. The van der Waals surface area contributed by atoms with Crippen molar-refractivity contribution in [3.63, 3.8) is 0 Å². The van der Waals surface area contributed by atoms with Crippen LogP contribution in [-0.2, 0) is 0 Å². The van der Waals surface area contributed by atoms with Crippen molar-refractivity contribution in [1.82, 2.24) is 5.32 Å². The van der Waals surface area contributed by atoms with Crippen LogP contribution in [0.2, 0.25) is 0 Å². The summed E-state index contributed by atoms with van der Waals surface area (Å²) in [5.41, 5.74) is 0.186. The molecule has 1 aromatic carbocycles. The summed E-state index contributed by atoms with van der Waals surface area (Å²) in [6.45, 7) is 3.82.